The summed E-state index contributed by atoms with van der Waals surface area (Å²) >= 11 is 0. The van der Waals surface area contributed by atoms with Crippen molar-refractivity contribution < 1.29 is 9.59 Å². The zero-order valence-electron chi connectivity index (χ0n) is 10.3. The van der Waals surface area contributed by atoms with Crippen LogP contribution in [-0.4, -0.2) is 28.6 Å². The molecule has 1 aromatic rings. The molecule has 18 heavy (non-hydrogen) atoms. The predicted molar refractivity (Wildman–Crippen MR) is 67.1 cm³/mol. The number of ketones is 2. The monoisotopic (exact) mass is 242 g/mol. The summed E-state index contributed by atoms with van der Waals surface area (Å²) in [5.74, 6) is -0.384. The fourth-order valence-electron chi connectivity index (χ4n) is 2.55. The Morgan fingerprint density at radius 2 is 1.50 bits per heavy atom. The first-order chi connectivity index (χ1) is 8.54. The molecule has 0 aromatic heterocycles. The van der Waals surface area contributed by atoms with E-state index >= 15 is 0 Å². The summed E-state index contributed by atoms with van der Waals surface area (Å²) < 4.78 is 0. The van der Waals surface area contributed by atoms with Gasteiger partial charge < -0.3 is 10.6 Å². The highest BCUT2D eigenvalue weighted by molar-refractivity contribution is 6.26. The largest absolute Gasteiger partial charge is 0.394 e. The first-order valence-corrected chi connectivity index (χ1v) is 6.00. The van der Waals surface area contributed by atoms with Crippen LogP contribution in [0.2, 0.25) is 0 Å². The highest BCUT2D eigenvalue weighted by atomic mass is 16.1. The number of nitrogens with two attached hydrogens (primary N) is 1. The van der Waals surface area contributed by atoms with Crippen LogP contribution in [0.4, 0.5) is 0 Å². The minimum atomic E-state index is -0.244. The smallest absolute Gasteiger partial charge is 0.212 e. The number of fused-ring (bicyclic) bond motifs is 1. The molecule has 0 spiro atoms. The van der Waals surface area contributed by atoms with E-state index in [0.717, 1.165) is 0 Å². The van der Waals surface area contributed by atoms with Gasteiger partial charge in [0.15, 0.2) is 0 Å². The van der Waals surface area contributed by atoms with Gasteiger partial charge in [0.25, 0.3) is 0 Å². The van der Waals surface area contributed by atoms with E-state index in [4.69, 9.17) is 5.73 Å². The SMILES string of the molecule is C[C@H]1[C@H](C)N1C1=C(N)C(=O)c2ccccc2C1=O. The Kier molecular flexibility index (Phi) is 2.11. The number of carbonyl (C=O) groups is 2. The molecule has 3 rings (SSSR count). The Morgan fingerprint density at radius 1 is 1.00 bits per heavy atom. The first kappa shape index (κ1) is 11.0. The Bertz CT molecular complexity index is 596. The lowest BCUT2D eigenvalue weighted by atomic mass is 9.90. The highest BCUT2D eigenvalue weighted by Crippen LogP contribution is 2.37. The van der Waals surface area contributed by atoms with Gasteiger partial charge in [-0.1, -0.05) is 24.3 Å². The second-order valence-corrected chi connectivity index (χ2v) is 4.85. The van der Waals surface area contributed by atoms with Crippen LogP contribution in [0.5, 0.6) is 0 Å². The van der Waals surface area contributed by atoms with Gasteiger partial charge in [0.05, 0.1) is 0 Å². The molecule has 92 valence electrons. The van der Waals surface area contributed by atoms with Gasteiger partial charge in [-0.3, -0.25) is 9.59 Å². The summed E-state index contributed by atoms with van der Waals surface area (Å²) in [7, 11) is 0. The van der Waals surface area contributed by atoms with E-state index in [1.807, 2.05) is 18.7 Å². The maximum Gasteiger partial charge on any atom is 0.212 e. The normalized spacial score (nSPS) is 26.4. The standard InChI is InChI=1S/C14H14N2O2/c1-7-8(2)16(7)12-11(15)13(17)9-5-3-4-6-10(9)14(12)18/h3-8H,15H2,1-2H3/t7-,8-/m0/s1. The van der Waals surface area contributed by atoms with Crippen LogP contribution in [0.25, 0.3) is 0 Å². The molecule has 4 heteroatoms. The lowest BCUT2D eigenvalue weighted by Crippen LogP contribution is -2.30. The van der Waals surface area contributed by atoms with Crippen LogP contribution in [-0.2, 0) is 0 Å². The Labute approximate surface area is 105 Å². The molecule has 0 radical (unpaired) electrons. The Hall–Kier alpha value is -2.10. The van der Waals surface area contributed by atoms with Crippen molar-refractivity contribution in [3.05, 3.63) is 46.8 Å². The molecule has 1 aromatic carbocycles. The molecule has 0 bridgehead atoms. The molecule has 1 fully saturated rings. The highest BCUT2D eigenvalue weighted by Gasteiger charge is 2.47. The molecule has 2 atom stereocenters. The van der Waals surface area contributed by atoms with E-state index in [2.05, 4.69) is 0 Å². The number of Topliss-reactive ketones (excluding diaryl/α,β-unsaturated/α-hetero) is 2. The number of rotatable bonds is 1. The van der Waals surface area contributed by atoms with E-state index in [9.17, 15) is 9.59 Å². The average Bonchev–Trinajstić information content (AvgIpc) is 2.95. The zero-order valence-corrected chi connectivity index (χ0v) is 10.3. The number of nitrogens with zero attached hydrogens (tertiary/aromatic N) is 1. The van der Waals surface area contributed by atoms with Crippen LogP contribution < -0.4 is 5.73 Å². The second kappa shape index (κ2) is 3.45. The van der Waals surface area contributed by atoms with Crippen molar-refractivity contribution in [3.63, 3.8) is 0 Å². The molecular formula is C14H14N2O2. The fraction of sp³-hybridized carbons (Fsp3) is 0.286. The van der Waals surface area contributed by atoms with Gasteiger partial charge in [-0.05, 0) is 13.8 Å². The number of carbonyl (C=O) groups excluding carboxylic acids is 2. The number of benzene rings is 1. The minimum Gasteiger partial charge on any atom is -0.394 e. The van der Waals surface area contributed by atoms with Gasteiger partial charge in [-0.25, -0.2) is 0 Å². The van der Waals surface area contributed by atoms with Gasteiger partial charge in [-0.2, -0.15) is 0 Å². The van der Waals surface area contributed by atoms with Crippen molar-refractivity contribution in [1.29, 1.82) is 0 Å². The number of hydrogen-bond donors (Lipinski definition) is 1. The third-order valence-electron chi connectivity index (χ3n) is 3.88. The van der Waals surface area contributed by atoms with Gasteiger partial charge in [0.1, 0.15) is 11.4 Å². The molecule has 0 saturated carbocycles. The summed E-state index contributed by atoms with van der Waals surface area (Å²) in [5.41, 5.74) is 7.18. The maximum atomic E-state index is 12.4. The molecule has 0 amide bonds. The van der Waals surface area contributed by atoms with Crippen molar-refractivity contribution in [3.8, 4) is 0 Å². The summed E-state index contributed by atoms with van der Waals surface area (Å²) in [6.45, 7) is 4.03. The number of hydrogen-bond acceptors (Lipinski definition) is 4. The van der Waals surface area contributed by atoms with E-state index in [1.54, 1.807) is 24.3 Å². The Morgan fingerprint density at radius 3 is 2.00 bits per heavy atom. The van der Waals surface area contributed by atoms with Crippen LogP contribution in [0.3, 0.4) is 0 Å². The van der Waals surface area contributed by atoms with Crippen LogP contribution >= 0.6 is 0 Å². The molecule has 1 heterocycles. The van der Waals surface area contributed by atoms with Gasteiger partial charge in [0, 0.05) is 23.2 Å². The zero-order chi connectivity index (χ0) is 13.0. The molecule has 2 aliphatic rings. The fourth-order valence-corrected chi connectivity index (χ4v) is 2.55. The third-order valence-corrected chi connectivity index (χ3v) is 3.88. The third kappa shape index (κ3) is 1.26. The molecule has 1 aliphatic heterocycles. The molecule has 4 nitrogen and oxygen atoms in total. The topological polar surface area (TPSA) is 63.2 Å². The molecule has 1 saturated heterocycles. The summed E-state index contributed by atoms with van der Waals surface area (Å²) in [5, 5.41) is 0. The second-order valence-electron chi connectivity index (χ2n) is 4.85. The predicted octanol–water partition coefficient (Wildman–Crippen LogP) is 1.33. The number of allylic oxidation sites excluding steroid dienone is 2. The van der Waals surface area contributed by atoms with Crippen molar-refractivity contribution >= 4 is 11.6 Å². The van der Waals surface area contributed by atoms with Crippen molar-refractivity contribution in [2.45, 2.75) is 25.9 Å². The van der Waals surface area contributed by atoms with Gasteiger partial charge in [0.2, 0.25) is 11.6 Å². The molecular weight excluding hydrogens is 228 g/mol. The van der Waals surface area contributed by atoms with Crippen LogP contribution in [0.1, 0.15) is 34.6 Å². The summed E-state index contributed by atoms with van der Waals surface area (Å²) in [6, 6.07) is 7.36. The quantitative estimate of drug-likeness (QED) is 0.755. The Balaban J connectivity index is 2.15. The van der Waals surface area contributed by atoms with E-state index in [-0.39, 0.29) is 29.3 Å². The van der Waals surface area contributed by atoms with Crippen molar-refractivity contribution in [2.24, 2.45) is 5.73 Å². The van der Waals surface area contributed by atoms with E-state index < -0.39 is 0 Å². The maximum absolute atomic E-state index is 12.4. The molecule has 0 unspecified atom stereocenters. The average molecular weight is 242 g/mol. The summed E-state index contributed by atoms with van der Waals surface area (Å²) in [6.07, 6.45) is 0. The lowest BCUT2D eigenvalue weighted by Gasteiger charge is -2.20. The van der Waals surface area contributed by atoms with Gasteiger partial charge >= 0.3 is 0 Å². The molecule has 2 N–H and O–H groups in total. The van der Waals surface area contributed by atoms with Crippen molar-refractivity contribution in [2.75, 3.05) is 0 Å². The van der Waals surface area contributed by atoms with Gasteiger partial charge in [-0.15, -0.1) is 0 Å². The minimum absolute atomic E-state index is 0.0786. The first-order valence-electron chi connectivity index (χ1n) is 6.00. The van der Waals surface area contributed by atoms with Crippen LogP contribution in [0.15, 0.2) is 35.7 Å². The van der Waals surface area contributed by atoms with Crippen LogP contribution in [0, 0.1) is 0 Å². The van der Waals surface area contributed by atoms with E-state index in [0.29, 0.717) is 16.8 Å². The summed E-state index contributed by atoms with van der Waals surface area (Å²) in [4.78, 5) is 26.5. The van der Waals surface area contributed by atoms with Crippen molar-refractivity contribution in [1.82, 2.24) is 4.90 Å². The molecule has 1 aliphatic carbocycles. The lowest BCUT2D eigenvalue weighted by molar-refractivity contribution is 0.0957. The van der Waals surface area contributed by atoms with E-state index in [1.165, 1.54) is 0 Å².